The lowest BCUT2D eigenvalue weighted by Gasteiger charge is -2.23. The molecule has 0 aliphatic rings. The molecule has 1 heterocycles. The molecule has 1 aromatic heterocycles. The summed E-state index contributed by atoms with van der Waals surface area (Å²) in [4.78, 5) is 12.9. The van der Waals surface area contributed by atoms with Crippen molar-refractivity contribution in [2.45, 2.75) is 13.8 Å². The first-order valence-corrected chi connectivity index (χ1v) is 6.15. The van der Waals surface area contributed by atoms with Gasteiger partial charge in [0, 0.05) is 39.9 Å². The van der Waals surface area contributed by atoms with E-state index in [1.165, 1.54) is 0 Å². The molecule has 0 amide bonds. The molecule has 5 nitrogen and oxygen atoms in total. The van der Waals surface area contributed by atoms with Gasteiger partial charge in [-0.1, -0.05) is 6.92 Å². The lowest BCUT2D eigenvalue weighted by Crippen LogP contribution is -2.32. The molecule has 1 N–H and O–H groups in total. The van der Waals surface area contributed by atoms with E-state index in [0.29, 0.717) is 0 Å². The number of anilines is 2. The van der Waals surface area contributed by atoms with Crippen LogP contribution in [0, 0.1) is 0 Å². The molecule has 0 spiro atoms. The summed E-state index contributed by atoms with van der Waals surface area (Å²) in [6, 6.07) is 1.96. The van der Waals surface area contributed by atoms with Crippen molar-refractivity contribution in [1.29, 1.82) is 0 Å². The van der Waals surface area contributed by atoms with Gasteiger partial charge in [-0.2, -0.15) is 4.98 Å². The molecule has 1 rings (SSSR count). The second-order valence-corrected chi connectivity index (χ2v) is 4.04. The van der Waals surface area contributed by atoms with Gasteiger partial charge in [-0.15, -0.1) is 0 Å². The van der Waals surface area contributed by atoms with Crippen LogP contribution in [0.2, 0.25) is 0 Å². The van der Waals surface area contributed by atoms with Gasteiger partial charge in [0.15, 0.2) is 0 Å². The number of hydrogen-bond acceptors (Lipinski definition) is 5. The third-order valence-electron chi connectivity index (χ3n) is 2.54. The van der Waals surface area contributed by atoms with Crippen molar-refractivity contribution >= 4 is 11.8 Å². The van der Waals surface area contributed by atoms with Crippen molar-refractivity contribution in [3.05, 3.63) is 12.3 Å². The number of rotatable bonds is 7. The summed E-state index contributed by atoms with van der Waals surface area (Å²) in [5.74, 6) is 1.74. The molecule has 0 aliphatic heterocycles. The van der Waals surface area contributed by atoms with E-state index < -0.39 is 0 Å². The van der Waals surface area contributed by atoms with Gasteiger partial charge in [-0.05, 0) is 19.5 Å². The standard InChI is InChI=1S/C12H23N5/c1-5-13-9-10-17(6-2)11-7-8-14-12(15-11)16(3)4/h7-8,13H,5-6,9-10H2,1-4H3. The van der Waals surface area contributed by atoms with E-state index in [9.17, 15) is 0 Å². The molecule has 96 valence electrons. The Bertz CT molecular complexity index is 326. The Labute approximate surface area is 104 Å². The molecule has 0 unspecified atom stereocenters. The number of hydrogen-bond donors (Lipinski definition) is 1. The minimum atomic E-state index is 0.754. The van der Waals surface area contributed by atoms with Crippen LogP contribution in [0.4, 0.5) is 11.8 Å². The van der Waals surface area contributed by atoms with Gasteiger partial charge in [0.1, 0.15) is 5.82 Å². The van der Waals surface area contributed by atoms with Crippen LogP contribution in [-0.4, -0.2) is 50.2 Å². The van der Waals surface area contributed by atoms with Crippen LogP contribution in [0.25, 0.3) is 0 Å². The summed E-state index contributed by atoms with van der Waals surface area (Å²) in [6.07, 6.45) is 1.81. The average Bonchev–Trinajstić information content (AvgIpc) is 2.35. The second-order valence-electron chi connectivity index (χ2n) is 4.04. The second kappa shape index (κ2) is 7.06. The van der Waals surface area contributed by atoms with E-state index in [0.717, 1.165) is 37.9 Å². The fourth-order valence-electron chi connectivity index (χ4n) is 1.56. The smallest absolute Gasteiger partial charge is 0.226 e. The van der Waals surface area contributed by atoms with E-state index in [1.54, 1.807) is 0 Å². The monoisotopic (exact) mass is 237 g/mol. The third-order valence-corrected chi connectivity index (χ3v) is 2.54. The number of nitrogens with one attached hydrogen (secondary N) is 1. The van der Waals surface area contributed by atoms with Crippen molar-refractivity contribution in [2.24, 2.45) is 0 Å². The topological polar surface area (TPSA) is 44.3 Å². The van der Waals surface area contributed by atoms with E-state index in [-0.39, 0.29) is 0 Å². The lowest BCUT2D eigenvalue weighted by atomic mass is 10.4. The van der Waals surface area contributed by atoms with Crippen molar-refractivity contribution < 1.29 is 0 Å². The molecule has 0 bridgehead atoms. The zero-order chi connectivity index (χ0) is 12.7. The highest BCUT2D eigenvalue weighted by atomic mass is 15.3. The summed E-state index contributed by atoms with van der Waals surface area (Å²) in [5.41, 5.74) is 0. The van der Waals surface area contributed by atoms with E-state index >= 15 is 0 Å². The van der Waals surface area contributed by atoms with Crippen molar-refractivity contribution in [3.63, 3.8) is 0 Å². The fourth-order valence-corrected chi connectivity index (χ4v) is 1.56. The summed E-state index contributed by atoms with van der Waals surface area (Å²) in [7, 11) is 3.90. The van der Waals surface area contributed by atoms with Gasteiger partial charge in [0.25, 0.3) is 0 Å². The molecule has 17 heavy (non-hydrogen) atoms. The molecule has 5 heteroatoms. The number of nitrogens with zero attached hydrogens (tertiary/aromatic N) is 4. The molecular formula is C12H23N5. The number of aromatic nitrogens is 2. The molecule has 0 saturated heterocycles. The predicted molar refractivity (Wildman–Crippen MR) is 72.8 cm³/mol. The van der Waals surface area contributed by atoms with Crippen LogP contribution in [0.3, 0.4) is 0 Å². The fraction of sp³-hybridized carbons (Fsp3) is 0.667. The van der Waals surface area contributed by atoms with Crippen molar-refractivity contribution in [1.82, 2.24) is 15.3 Å². The van der Waals surface area contributed by atoms with Crippen LogP contribution in [-0.2, 0) is 0 Å². The maximum absolute atomic E-state index is 4.54. The minimum Gasteiger partial charge on any atom is -0.355 e. The van der Waals surface area contributed by atoms with E-state index in [2.05, 4.69) is 34.0 Å². The highest BCUT2D eigenvalue weighted by molar-refractivity contribution is 5.42. The van der Waals surface area contributed by atoms with Gasteiger partial charge in [0.05, 0.1) is 0 Å². The van der Waals surface area contributed by atoms with Crippen molar-refractivity contribution in [2.75, 3.05) is 50.1 Å². The van der Waals surface area contributed by atoms with Gasteiger partial charge in [0.2, 0.25) is 5.95 Å². The molecule has 0 radical (unpaired) electrons. The minimum absolute atomic E-state index is 0.754. The van der Waals surface area contributed by atoms with E-state index in [1.807, 2.05) is 31.3 Å². The van der Waals surface area contributed by atoms with Crippen LogP contribution < -0.4 is 15.1 Å². The molecular weight excluding hydrogens is 214 g/mol. The van der Waals surface area contributed by atoms with Crippen molar-refractivity contribution in [3.8, 4) is 0 Å². The van der Waals surface area contributed by atoms with E-state index in [4.69, 9.17) is 0 Å². The largest absolute Gasteiger partial charge is 0.355 e. The Balaban J connectivity index is 2.70. The highest BCUT2D eigenvalue weighted by Gasteiger charge is 2.07. The normalized spacial score (nSPS) is 10.4. The van der Waals surface area contributed by atoms with Crippen LogP contribution in [0.5, 0.6) is 0 Å². The maximum Gasteiger partial charge on any atom is 0.226 e. The highest BCUT2D eigenvalue weighted by Crippen LogP contribution is 2.12. The first-order chi connectivity index (χ1) is 8.19. The average molecular weight is 237 g/mol. The Morgan fingerprint density at radius 1 is 1.29 bits per heavy atom. The predicted octanol–water partition coefficient (Wildman–Crippen LogP) is 0.978. The molecule has 0 aromatic carbocycles. The first kappa shape index (κ1) is 13.7. The number of likely N-dealkylation sites (N-methyl/N-ethyl adjacent to an activating group) is 2. The Morgan fingerprint density at radius 2 is 2.06 bits per heavy atom. The first-order valence-electron chi connectivity index (χ1n) is 6.15. The van der Waals surface area contributed by atoms with Crippen LogP contribution >= 0.6 is 0 Å². The lowest BCUT2D eigenvalue weighted by molar-refractivity contribution is 0.683. The Kier molecular flexibility index (Phi) is 5.69. The summed E-state index contributed by atoms with van der Waals surface area (Å²) < 4.78 is 0. The molecule has 0 atom stereocenters. The van der Waals surface area contributed by atoms with Gasteiger partial charge in [-0.25, -0.2) is 4.98 Å². The van der Waals surface area contributed by atoms with Gasteiger partial charge >= 0.3 is 0 Å². The Morgan fingerprint density at radius 3 is 2.65 bits per heavy atom. The molecule has 0 saturated carbocycles. The molecule has 0 aliphatic carbocycles. The Hall–Kier alpha value is -1.36. The zero-order valence-electron chi connectivity index (χ0n) is 11.3. The third kappa shape index (κ3) is 4.19. The van der Waals surface area contributed by atoms with Gasteiger partial charge < -0.3 is 15.1 Å². The SMILES string of the molecule is CCNCCN(CC)c1ccnc(N(C)C)n1. The zero-order valence-corrected chi connectivity index (χ0v) is 11.3. The van der Waals surface area contributed by atoms with Crippen LogP contribution in [0.1, 0.15) is 13.8 Å². The molecule has 0 fully saturated rings. The summed E-state index contributed by atoms with van der Waals surface area (Å²) in [6.45, 7) is 8.16. The van der Waals surface area contributed by atoms with Gasteiger partial charge in [-0.3, -0.25) is 0 Å². The quantitative estimate of drug-likeness (QED) is 0.716. The van der Waals surface area contributed by atoms with Crippen LogP contribution in [0.15, 0.2) is 12.3 Å². The molecule has 1 aromatic rings. The maximum atomic E-state index is 4.54. The summed E-state index contributed by atoms with van der Waals surface area (Å²) in [5, 5.41) is 3.32. The summed E-state index contributed by atoms with van der Waals surface area (Å²) >= 11 is 0.